The molecular formula is C16H18N2O5. The maximum Gasteiger partial charge on any atom is 0.339 e. The van der Waals surface area contributed by atoms with E-state index in [1.165, 1.54) is 25.3 Å². The van der Waals surface area contributed by atoms with Crippen molar-refractivity contribution < 1.29 is 24.0 Å². The average molecular weight is 318 g/mol. The average Bonchev–Trinajstić information content (AvgIpc) is 2.88. The molecule has 0 aliphatic heterocycles. The van der Waals surface area contributed by atoms with Gasteiger partial charge in [-0.15, -0.1) is 0 Å². The zero-order chi connectivity index (χ0) is 17.1. The largest absolute Gasteiger partial charge is 0.496 e. The minimum atomic E-state index is -1.10. The topological polar surface area (TPSA) is 102 Å². The summed E-state index contributed by atoms with van der Waals surface area (Å²) in [5.41, 5.74) is 1.34. The Balaban J connectivity index is 2.31. The Kier molecular flexibility index (Phi) is 4.68. The molecule has 1 aromatic carbocycles. The molecule has 7 heteroatoms. The van der Waals surface area contributed by atoms with Crippen LogP contribution >= 0.6 is 0 Å². The summed E-state index contributed by atoms with van der Waals surface area (Å²) in [6, 6.07) is 4.33. The highest BCUT2D eigenvalue weighted by molar-refractivity contribution is 6.06. The van der Waals surface area contributed by atoms with Crippen molar-refractivity contribution in [3.8, 4) is 5.75 Å². The predicted molar refractivity (Wildman–Crippen MR) is 83.2 cm³/mol. The van der Waals surface area contributed by atoms with E-state index in [0.717, 1.165) is 0 Å². The Morgan fingerprint density at radius 2 is 2.04 bits per heavy atom. The molecule has 0 unspecified atom stereocenters. The van der Waals surface area contributed by atoms with Crippen molar-refractivity contribution in [2.24, 2.45) is 0 Å². The van der Waals surface area contributed by atoms with Gasteiger partial charge in [0.05, 0.1) is 12.8 Å². The van der Waals surface area contributed by atoms with Crippen molar-refractivity contribution >= 4 is 17.6 Å². The summed E-state index contributed by atoms with van der Waals surface area (Å²) in [7, 11) is 1.37. The fourth-order valence-electron chi connectivity index (χ4n) is 2.20. The van der Waals surface area contributed by atoms with Gasteiger partial charge < -0.3 is 19.7 Å². The van der Waals surface area contributed by atoms with Gasteiger partial charge in [0.2, 0.25) is 0 Å². The van der Waals surface area contributed by atoms with Gasteiger partial charge in [-0.05, 0) is 19.1 Å². The Labute approximate surface area is 133 Å². The third kappa shape index (κ3) is 3.33. The summed E-state index contributed by atoms with van der Waals surface area (Å²) < 4.78 is 10.2. The lowest BCUT2D eigenvalue weighted by Gasteiger charge is -2.10. The van der Waals surface area contributed by atoms with E-state index in [1.54, 1.807) is 6.92 Å². The van der Waals surface area contributed by atoms with Crippen LogP contribution in [0, 0.1) is 6.92 Å². The van der Waals surface area contributed by atoms with Gasteiger partial charge in [-0.1, -0.05) is 19.0 Å². The molecule has 0 aliphatic rings. The van der Waals surface area contributed by atoms with Crippen LogP contribution < -0.4 is 10.1 Å². The first-order valence-electron chi connectivity index (χ1n) is 7.04. The standard InChI is InChI=1S/C16H18N2O5/c1-8(2)14-13(9(3)18-23-14)15(19)17-10-5-6-11(16(20)21)12(7-10)22-4/h5-8H,1-4H3,(H,17,19)(H,20,21). The lowest BCUT2D eigenvalue weighted by atomic mass is 10.0. The smallest absolute Gasteiger partial charge is 0.339 e. The number of hydrogen-bond donors (Lipinski definition) is 2. The van der Waals surface area contributed by atoms with Gasteiger partial charge >= 0.3 is 5.97 Å². The Bertz CT molecular complexity index is 749. The first-order valence-corrected chi connectivity index (χ1v) is 7.04. The molecule has 1 heterocycles. The molecule has 0 spiro atoms. The van der Waals surface area contributed by atoms with Gasteiger partial charge in [0.25, 0.3) is 5.91 Å². The number of hydrogen-bond acceptors (Lipinski definition) is 5. The number of methoxy groups -OCH3 is 1. The van der Waals surface area contributed by atoms with Crippen LogP contribution in [0.1, 0.15) is 51.9 Å². The summed E-state index contributed by atoms with van der Waals surface area (Å²) in [5.74, 6) is -0.773. The molecule has 23 heavy (non-hydrogen) atoms. The predicted octanol–water partition coefficient (Wildman–Crippen LogP) is 3.07. The molecule has 0 radical (unpaired) electrons. The first kappa shape index (κ1) is 16.5. The van der Waals surface area contributed by atoms with E-state index < -0.39 is 5.97 Å². The Morgan fingerprint density at radius 1 is 1.35 bits per heavy atom. The van der Waals surface area contributed by atoms with Crippen LogP contribution in [-0.4, -0.2) is 29.2 Å². The van der Waals surface area contributed by atoms with Gasteiger partial charge in [0, 0.05) is 17.7 Å². The summed E-state index contributed by atoms with van der Waals surface area (Å²) >= 11 is 0. The highest BCUT2D eigenvalue weighted by Crippen LogP contribution is 2.26. The van der Waals surface area contributed by atoms with E-state index in [9.17, 15) is 9.59 Å². The number of ether oxygens (including phenoxy) is 1. The maximum absolute atomic E-state index is 12.5. The quantitative estimate of drug-likeness (QED) is 0.878. The third-order valence-electron chi connectivity index (χ3n) is 3.33. The summed E-state index contributed by atoms with van der Waals surface area (Å²) in [4.78, 5) is 23.5. The molecule has 0 aliphatic carbocycles. The molecule has 122 valence electrons. The van der Waals surface area contributed by atoms with Gasteiger partial charge in [0.15, 0.2) is 5.76 Å². The van der Waals surface area contributed by atoms with Crippen molar-refractivity contribution in [1.82, 2.24) is 5.16 Å². The van der Waals surface area contributed by atoms with Crippen molar-refractivity contribution in [2.75, 3.05) is 12.4 Å². The molecule has 0 saturated heterocycles. The van der Waals surface area contributed by atoms with E-state index in [1.807, 2.05) is 13.8 Å². The van der Waals surface area contributed by atoms with Crippen LogP contribution in [0.2, 0.25) is 0 Å². The molecule has 0 saturated carbocycles. The van der Waals surface area contributed by atoms with Gasteiger partial charge in [-0.3, -0.25) is 4.79 Å². The molecule has 2 rings (SSSR count). The van der Waals surface area contributed by atoms with Gasteiger partial charge in [-0.2, -0.15) is 0 Å². The lowest BCUT2D eigenvalue weighted by molar-refractivity contribution is 0.0693. The normalized spacial score (nSPS) is 10.7. The van der Waals surface area contributed by atoms with Crippen LogP contribution in [0.5, 0.6) is 5.75 Å². The maximum atomic E-state index is 12.5. The zero-order valence-corrected chi connectivity index (χ0v) is 13.3. The number of carboxylic acid groups (broad SMARTS) is 1. The van der Waals surface area contributed by atoms with Crippen molar-refractivity contribution in [1.29, 1.82) is 0 Å². The van der Waals surface area contributed by atoms with Crippen LogP contribution in [0.4, 0.5) is 5.69 Å². The van der Waals surface area contributed by atoms with Crippen molar-refractivity contribution in [3.05, 3.63) is 40.8 Å². The number of anilines is 1. The molecule has 0 bridgehead atoms. The minimum Gasteiger partial charge on any atom is -0.496 e. The highest BCUT2D eigenvalue weighted by Gasteiger charge is 2.23. The number of carbonyl (C=O) groups is 2. The Morgan fingerprint density at radius 3 is 2.61 bits per heavy atom. The number of aromatic nitrogens is 1. The molecular weight excluding hydrogens is 300 g/mol. The zero-order valence-electron chi connectivity index (χ0n) is 13.3. The fourth-order valence-corrected chi connectivity index (χ4v) is 2.20. The van der Waals surface area contributed by atoms with Gasteiger partial charge in [-0.25, -0.2) is 4.79 Å². The number of nitrogens with zero attached hydrogens (tertiary/aromatic N) is 1. The number of amides is 1. The SMILES string of the molecule is COc1cc(NC(=O)c2c(C)noc2C(C)C)ccc1C(=O)O. The van der Waals surface area contributed by atoms with Crippen molar-refractivity contribution in [3.63, 3.8) is 0 Å². The van der Waals surface area contributed by atoms with Crippen LogP contribution in [0.3, 0.4) is 0 Å². The Hall–Kier alpha value is -2.83. The van der Waals surface area contributed by atoms with E-state index >= 15 is 0 Å². The summed E-state index contributed by atoms with van der Waals surface area (Å²) in [5, 5.41) is 15.6. The van der Waals surface area contributed by atoms with Gasteiger partial charge in [0.1, 0.15) is 16.9 Å². The van der Waals surface area contributed by atoms with Crippen LogP contribution in [0.15, 0.2) is 22.7 Å². The second-order valence-electron chi connectivity index (χ2n) is 5.34. The van der Waals surface area contributed by atoms with E-state index in [2.05, 4.69) is 10.5 Å². The minimum absolute atomic E-state index is 0.0147. The number of aromatic carboxylic acids is 1. The highest BCUT2D eigenvalue weighted by atomic mass is 16.5. The van der Waals surface area contributed by atoms with E-state index in [0.29, 0.717) is 22.7 Å². The lowest BCUT2D eigenvalue weighted by Crippen LogP contribution is -2.15. The molecule has 7 nitrogen and oxygen atoms in total. The van der Waals surface area contributed by atoms with Crippen LogP contribution in [0.25, 0.3) is 0 Å². The molecule has 2 N–H and O–H groups in total. The molecule has 1 amide bonds. The number of aryl methyl sites for hydroxylation is 1. The number of carbonyl (C=O) groups excluding carboxylic acids is 1. The molecule has 1 aromatic heterocycles. The number of benzene rings is 1. The van der Waals surface area contributed by atoms with E-state index in [4.69, 9.17) is 14.4 Å². The summed E-state index contributed by atoms with van der Waals surface area (Å²) in [6.45, 7) is 5.50. The second kappa shape index (κ2) is 6.51. The third-order valence-corrected chi connectivity index (χ3v) is 3.33. The first-order chi connectivity index (χ1) is 10.8. The fraction of sp³-hybridized carbons (Fsp3) is 0.312. The van der Waals surface area contributed by atoms with Crippen LogP contribution in [-0.2, 0) is 0 Å². The number of nitrogens with one attached hydrogen (secondary N) is 1. The second-order valence-corrected chi connectivity index (χ2v) is 5.34. The molecule has 0 fully saturated rings. The summed E-state index contributed by atoms with van der Waals surface area (Å²) in [6.07, 6.45) is 0. The monoisotopic (exact) mass is 318 g/mol. The number of rotatable bonds is 5. The van der Waals surface area contributed by atoms with E-state index in [-0.39, 0.29) is 23.1 Å². The molecule has 0 atom stereocenters. The molecule has 2 aromatic rings. The number of carboxylic acids is 1. The van der Waals surface area contributed by atoms with Crippen molar-refractivity contribution in [2.45, 2.75) is 26.7 Å².